The fraction of sp³-hybridized carbons (Fsp3) is 0.806. The predicted molar refractivity (Wildman–Crippen MR) is 163 cm³/mol. The number of hydrogen-bond donors (Lipinski definition) is 2. The number of carbonyl (C=O) groups excluding carboxylic acids is 1. The van der Waals surface area contributed by atoms with Gasteiger partial charge in [0.25, 0.3) is 0 Å². The number of aromatic carboxylic acids is 1. The summed E-state index contributed by atoms with van der Waals surface area (Å²) in [5.41, 5.74) is 0.688. The number of aliphatic hydroxyl groups excluding tert-OH is 1. The summed E-state index contributed by atoms with van der Waals surface area (Å²) in [6.07, 6.45) is 13.7. The van der Waals surface area contributed by atoms with Gasteiger partial charge in [0.15, 0.2) is 0 Å². The number of unbranched alkanes of at least 4 members (excludes halogenated alkanes) is 3. The third-order valence-electron chi connectivity index (χ3n) is 9.35. The van der Waals surface area contributed by atoms with Gasteiger partial charge in [-0.2, -0.15) is 0 Å². The summed E-state index contributed by atoms with van der Waals surface area (Å²) in [6, 6.07) is 2.21. The van der Waals surface area contributed by atoms with Crippen LogP contribution in [0.3, 0.4) is 0 Å². The summed E-state index contributed by atoms with van der Waals surface area (Å²) >= 11 is -1.33. The minimum absolute atomic E-state index is 0.0164. The van der Waals surface area contributed by atoms with E-state index < -0.39 is 24.3 Å². The second-order valence-electron chi connectivity index (χ2n) is 12.3. The third-order valence-corrected chi connectivity index (χ3v) is 28.7. The van der Waals surface area contributed by atoms with E-state index in [0.29, 0.717) is 29.3 Å². The Morgan fingerprint density at radius 1 is 0.895 bits per heavy atom. The molecule has 0 spiro atoms. The van der Waals surface area contributed by atoms with Crippen molar-refractivity contribution < 1.29 is 19.8 Å². The SMILES string of the molecule is CCC[CH2][Sn]([CH2]CCC)([CH2]CCC)[c]1cc(N(C(=O)C2CCC(C)CC2)C2CCC(O)CC2)c(C(=O)O)s1. The van der Waals surface area contributed by atoms with Crippen LogP contribution in [0.5, 0.6) is 0 Å². The zero-order valence-electron chi connectivity index (χ0n) is 24.5. The normalized spacial score (nSPS) is 24.3. The average Bonchev–Trinajstić information content (AvgIpc) is 3.36. The van der Waals surface area contributed by atoms with Crippen LogP contribution in [0, 0.1) is 11.8 Å². The number of amides is 1. The second kappa shape index (κ2) is 15.4. The van der Waals surface area contributed by atoms with Crippen LogP contribution in [0.4, 0.5) is 5.69 Å². The quantitative estimate of drug-likeness (QED) is 0.200. The monoisotopic (exact) mass is 655 g/mol. The molecule has 1 aromatic heterocycles. The number of carboxylic acids is 1. The standard InChI is InChI=1S/C19H26NO4S.3C4H9.Sn/c1-12-2-4-13(5-3-12)18(22)20(14-6-8-15(21)9-7-14)16-10-11-25-17(16)19(23)24;3*1-3-4-2;/h10,12-15,21H,2-9H2,1H3,(H,23,24);3*1,3-4H2,2H3;. The number of thiophene rings is 1. The van der Waals surface area contributed by atoms with Gasteiger partial charge in [-0.15, -0.1) is 0 Å². The molecule has 1 aromatic rings. The van der Waals surface area contributed by atoms with Gasteiger partial charge in [0, 0.05) is 0 Å². The number of rotatable bonds is 14. The van der Waals surface area contributed by atoms with Crippen LogP contribution < -0.4 is 7.79 Å². The molecule has 0 bridgehead atoms. The van der Waals surface area contributed by atoms with E-state index in [1.54, 1.807) is 0 Å². The summed E-state index contributed by atoms with van der Waals surface area (Å²) in [6.45, 7) is 9.06. The molecule has 1 amide bonds. The number of nitrogens with zero attached hydrogens (tertiary/aromatic N) is 1. The average molecular weight is 655 g/mol. The molecule has 2 aliphatic carbocycles. The minimum atomic E-state index is -2.87. The van der Waals surface area contributed by atoms with Crippen molar-refractivity contribution in [2.24, 2.45) is 11.8 Å². The van der Waals surface area contributed by atoms with Gasteiger partial charge in [-0.1, -0.05) is 0 Å². The van der Waals surface area contributed by atoms with Crippen LogP contribution >= 0.6 is 11.3 Å². The van der Waals surface area contributed by atoms with E-state index >= 15 is 0 Å². The topological polar surface area (TPSA) is 77.8 Å². The van der Waals surface area contributed by atoms with Gasteiger partial charge in [-0.05, 0) is 0 Å². The Morgan fingerprint density at radius 3 is 1.89 bits per heavy atom. The van der Waals surface area contributed by atoms with Crippen LogP contribution in [-0.2, 0) is 4.79 Å². The third kappa shape index (κ3) is 7.99. The Morgan fingerprint density at radius 2 is 1.42 bits per heavy atom. The van der Waals surface area contributed by atoms with Crippen molar-refractivity contribution in [2.75, 3.05) is 4.90 Å². The summed E-state index contributed by atoms with van der Waals surface area (Å²) in [4.78, 5) is 29.3. The molecule has 5 nitrogen and oxygen atoms in total. The first kappa shape index (κ1) is 31.9. The van der Waals surface area contributed by atoms with Crippen molar-refractivity contribution >= 4 is 50.2 Å². The van der Waals surface area contributed by atoms with Gasteiger partial charge in [-0.3, -0.25) is 0 Å². The number of aliphatic hydroxyl groups is 1. The molecule has 38 heavy (non-hydrogen) atoms. The van der Waals surface area contributed by atoms with E-state index in [0.717, 1.165) is 38.5 Å². The number of anilines is 1. The van der Waals surface area contributed by atoms with Gasteiger partial charge in [-0.25, -0.2) is 0 Å². The van der Waals surface area contributed by atoms with E-state index in [1.807, 2.05) is 4.90 Å². The Kier molecular flexibility index (Phi) is 12.9. The van der Waals surface area contributed by atoms with Crippen molar-refractivity contribution in [3.8, 4) is 0 Å². The van der Waals surface area contributed by atoms with E-state index in [-0.39, 0.29) is 24.0 Å². The Bertz CT molecular complexity index is 865. The Hall–Kier alpha value is -0.601. The van der Waals surface area contributed by atoms with Crippen LogP contribution in [0.2, 0.25) is 13.3 Å². The summed E-state index contributed by atoms with van der Waals surface area (Å²) < 4.78 is 5.24. The van der Waals surface area contributed by atoms with Crippen molar-refractivity contribution in [3.05, 3.63) is 10.9 Å². The molecular weight excluding hydrogens is 601 g/mol. The van der Waals surface area contributed by atoms with Crippen molar-refractivity contribution in [1.82, 2.24) is 0 Å². The van der Waals surface area contributed by atoms with Gasteiger partial charge in [0.2, 0.25) is 0 Å². The number of carboxylic acid groups (broad SMARTS) is 1. The molecule has 7 heteroatoms. The van der Waals surface area contributed by atoms with Crippen LogP contribution in [0.15, 0.2) is 6.07 Å². The molecule has 1 heterocycles. The molecule has 0 saturated heterocycles. The summed E-state index contributed by atoms with van der Waals surface area (Å²) in [5, 5.41) is 20.7. The first-order valence-corrected chi connectivity index (χ1v) is 23.9. The van der Waals surface area contributed by atoms with Gasteiger partial charge < -0.3 is 0 Å². The fourth-order valence-corrected chi connectivity index (χ4v) is 26.9. The second-order valence-corrected chi connectivity index (χ2v) is 27.6. The maximum atomic E-state index is 14.2. The predicted octanol–water partition coefficient (Wildman–Crippen LogP) is 7.97. The molecule has 2 fully saturated rings. The van der Waals surface area contributed by atoms with E-state index in [2.05, 4.69) is 33.8 Å². The summed E-state index contributed by atoms with van der Waals surface area (Å²) in [5.74, 6) is -0.105. The molecular formula is C31H53NO4SSn. The maximum absolute atomic E-state index is 14.2. The molecule has 2 aliphatic rings. The van der Waals surface area contributed by atoms with Crippen molar-refractivity contribution in [2.45, 2.75) is 143 Å². The molecule has 216 valence electrons. The summed E-state index contributed by atoms with van der Waals surface area (Å²) in [7, 11) is 0. The zero-order valence-corrected chi connectivity index (χ0v) is 28.1. The Labute approximate surface area is 239 Å². The van der Waals surface area contributed by atoms with Gasteiger partial charge >= 0.3 is 241 Å². The van der Waals surface area contributed by atoms with Crippen LogP contribution in [0.25, 0.3) is 0 Å². The molecule has 0 unspecified atom stereocenters. The van der Waals surface area contributed by atoms with Crippen molar-refractivity contribution in [1.29, 1.82) is 0 Å². The molecule has 0 aromatic carbocycles. The van der Waals surface area contributed by atoms with E-state index in [4.69, 9.17) is 0 Å². The molecule has 0 aliphatic heterocycles. The zero-order chi connectivity index (χ0) is 27.7. The number of hydrogen-bond acceptors (Lipinski definition) is 4. The molecule has 2 N–H and O–H groups in total. The molecule has 2 saturated carbocycles. The van der Waals surface area contributed by atoms with Gasteiger partial charge in [0.1, 0.15) is 0 Å². The Balaban J connectivity index is 2.09. The first-order valence-electron chi connectivity index (χ1n) is 15.6. The van der Waals surface area contributed by atoms with E-state index in [9.17, 15) is 19.8 Å². The molecule has 0 radical (unpaired) electrons. The molecule has 0 atom stereocenters. The van der Waals surface area contributed by atoms with Crippen LogP contribution in [-0.4, -0.2) is 52.6 Å². The first-order chi connectivity index (χ1) is 18.3. The van der Waals surface area contributed by atoms with Crippen LogP contribution in [0.1, 0.15) is 127 Å². The number of carbonyl (C=O) groups is 2. The van der Waals surface area contributed by atoms with Crippen molar-refractivity contribution in [3.63, 3.8) is 0 Å². The van der Waals surface area contributed by atoms with E-state index in [1.165, 1.54) is 66.1 Å². The molecule has 3 rings (SSSR count). The fourth-order valence-electron chi connectivity index (χ4n) is 6.78. The van der Waals surface area contributed by atoms with Gasteiger partial charge in [0.05, 0.1) is 0 Å².